The summed E-state index contributed by atoms with van der Waals surface area (Å²) in [5.41, 5.74) is 2.09. The number of rotatable bonds is 8. The van der Waals surface area contributed by atoms with Gasteiger partial charge in [-0.15, -0.1) is 12.4 Å². The molecule has 176 valence electrons. The number of benzene rings is 2. The number of nitrogens with zero attached hydrogens (tertiary/aromatic N) is 2. The molecular weight excluding hydrogens is 447 g/mol. The third-order valence-corrected chi connectivity index (χ3v) is 6.46. The normalized spacial score (nSPS) is 15.5. The fourth-order valence-electron chi connectivity index (χ4n) is 4.43. The van der Waals surface area contributed by atoms with Crippen molar-refractivity contribution >= 4 is 35.6 Å². The van der Waals surface area contributed by atoms with Crippen LogP contribution in [0.2, 0.25) is 5.02 Å². The predicted octanol–water partition coefficient (Wildman–Crippen LogP) is 5.62. The molecule has 2 aromatic carbocycles. The highest BCUT2D eigenvalue weighted by molar-refractivity contribution is 6.32. The van der Waals surface area contributed by atoms with Gasteiger partial charge in [0.15, 0.2) is 0 Å². The lowest BCUT2D eigenvalue weighted by atomic mass is 9.98. The third kappa shape index (κ3) is 6.09. The van der Waals surface area contributed by atoms with Crippen LogP contribution in [-0.4, -0.2) is 50.2 Å². The summed E-state index contributed by atoms with van der Waals surface area (Å²) in [4.78, 5) is 17.2. The summed E-state index contributed by atoms with van der Waals surface area (Å²) < 4.78 is 10.9. The second-order valence-electron chi connectivity index (χ2n) is 8.07. The summed E-state index contributed by atoms with van der Waals surface area (Å²) in [7, 11) is 3.29. The van der Waals surface area contributed by atoms with Crippen molar-refractivity contribution in [3.63, 3.8) is 0 Å². The second kappa shape index (κ2) is 12.3. The Hall–Kier alpha value is -1.95. The highest BCUT2D eigenvalue weighted by Gasteiger charge is 2.30. The minimum atomic E-state index is 0. The molecule has 3 rings (SSSR count). The summed E-state index contributed by atoms with van der Waals surface area (Å²) in [5.74, 6) is 1.65. The number of para-hydroxylation sites is 1. The SMILES string of the molecule is CCC(=O)N(c1ccccc1)C1CCN(C(C)Cc2cc(OC)c(Cl)cc2OC)CC1.Cl. The molecule has 1 fully saturated rings. The van der Waals surface area contributed by atoms with Crippen LogP contribution in [0.4, 0.5) is 5.69 Å². The number of ether oxygens (including phenoxy) is 2. The maximum atomic E-state index is 12.7. The lowest BCUT2D eigenvalue weighted by Crippen LogP contribution is -2.49. The fraction of sp³-hybridized carbons (Fsp3) is 0.480. The highest BCUT2D eigenvalue weighted by atomic mass is 35.5. The summed E-state index contributed by atoms with van der Waals surface area (Å²) in [6, 6.07) is 14.4. The molecule has 1 aliphatic heterocycles. The Morgan fingerprint density at radius 2 is 1.75 bits per heavy atom. The van der Waals surface area contributed by atoms with Crippen LogP contribution < -0.4 is 14.4 Å². The van der Waals surface area contributed by atoms with E-state index in [1.54, 1.807) is 14.2 Å². The molecular formula is C25H34Cl2N2O3. The zero-order chi connectivity index (χ0) is 22.4. The first-order valence-corrected chi connectivity index (χ1v) is 11.4. The number of halogens is 2. The first-order valence-electron chi connectivity index (χ1n) is 11.0. The molecule has 0 bridgehead atoms. The zero-order valence-corrected chi connectivity index (χ0v) is 20.9. The molecule has 2 aromatic rings. The molecule has 32 heavy (non-hydrogen) atoms. The largest absolute Gasteiger partial charge is 0.496 e. The molecule has 1 saturated heterocycles. The van der Waals surface area contributed by atoms with E-state index in [9.17, 15) is 4.79 Å². The Morgan fingerprint density at radius 1 is 1.12 bits per heavy atom. The Balaban J connectivity index is 0.00000363. The van der Waals surface area contributed by atoms with E-state index in [1.807, 2.05) is 54.3 Å². The van der Waals surface area contributed by atoms with Crippen LogP contribution in [0, 0.1) is 0 Å². The van der Waals surface area contributed by atoms with Crippen molar-refractivity contribution in [1.29, 1.82) is 0 Å². The zero-order valence-electron chi connectivity index (χ0n) is 19.3. The van der Waals surface area contributed by atoms with Gasteiger partial charge in [0, 0.05) is 43.3 Å². The van der Waals surface area contributed by atoms with Crippen molar-refractivity contribution in [3.05, 3.63) is 53.1 Å². The van der Waals surface area contributed by atoms with E-state index < -0.39 is 0 Å². The first-order chi connectivity index (χ1) is 15.0. The molecule has 0 spiro atoms. The lowest BCUT2D eigenvalue weighted by molar-refractivity contribution is -0.119. The Labute approximate surface area is 203 Å². The average molecular weight is 481 g/mol. The van der Waals surface area contributed by atoms with E-state index in [0.29, 0.717) is 23.2 Å². The standard InChI is InChI=1S/C25H33ClN2O3.ClH/c1-5-25(29)28(20-9-7-6-8-10-20)21-11-13-27(14-12-21)18(2)15-19-16-24(31-4)22(26)17-23(19)30-3;/h6-10,16-18,21H,5,11-15H2,1-4H3;1H. The number of carbonyl (C=O) groups is 1. The van der Waals surface area contributed by atoms with E-state index in [2.05, 4.69) is 11.8 Å². The van der Waals surface area contributed by atoms with Crippen LogP contribution >= 0.6 is 24.0 Å². The molecule has 1 aliphatic rings. The van der Waals surface area contributed by atoms with Gasteiger partial charge in [0.05, 0.1) is 19.2 Å². The van der Waals surface area contributed by atoms with Gasteiger partial charge in [-0.25, -0.2) is 0 Å². The Kier molecular flexibility index (Phi) is 10.1. The summed E-state index contributed by atoms with van der Waals surface area (Å²) in [5, 5.41) is 0.554. The summed E-state index contributed by atoms with van der Waals surface area (Å²) in [6.07, 6.45) is 3.29. The summed E-state index contributed by atoms with van der Waals surface area (Å²) in [6.45, 7) is 6.09. The lowest BCUT2D eigenvalue weighted by Gasteiger charge is -2.41. The third-order valence-electron chi connectivity index (χ3n) is 6.16. The quantitative estimate of drug-likeness (QED) is 0.491. The van der Waals surface area contributed by atoms with Crippen molar-refractivity contribution in [2.24, 2.45) is 0 Å². The van der Waals surface area contributed by atoms with Gasteiger partial charge in [0.2, 0.25) is 5.91 Å². The minimum Gasteiger partial charge on any atom is -0.496 e. The van der Waals surface area contributed by atoms with Gasteiger partial charge in [0.25, 0.3) is 0 Å². The molecule has 1 amide bonds. The smallest absolute Gasteiger partial charge is 0.226 e. The second-order valence-corrected chi connectivity index (χ2v) is 8.48. The molecule has 0 N–H and O–H groups in total. The van der Waals surface area contributed by atoms with Crippen molar-refractivity contribution in [2.75, 3.05) is 32.2 Å². The monoisotopic (exact) mass is 480 g/mol. The number of piperidine rings is 1. The van der Waals surface area contributed by atoms with Crippen molar-refractivity contribution < 1.29 is 14.3 Å². The van der Waals surface area contributed by atoms with Crippen LogP contribution in [0.15, 0.2) is 42.5 Å². The maximum absolute atomic E-state index is 12.7. The molecule has 0 radical (unpaired) electrons. The number of amides is 1. The van der Waals surface area contributed by atoms with Gasteiger partial charge in [-0.2, -0.15) is 0 Å². The summed E-state index contributed by atoms with van der Waals surface area (Å²) >= 11 is 6.25. The van der Waals surface area contributed by atoms with E-state index in [0.717, 1.165) is 49.4 Å². The van der Waals surface area contributed by atoms with Gasteiger partial charge in [0.1, 0.15) is 11.5 Å². The van der Waals surface area contributed by atoms with Crippen molar-refractivity contribution in [1.82, 2.24) is 4.90 Å². The molecule has 0 aliphatic carbocycles. The van der Waals surface area contributed by atoms with Gasteiger partial charge in [-0.05, 0) is 49.9 Å². The molecule has 1 atom stereocenters. The van der Waals surface area contributed by atoms with Gasteiger partial charge < -0.3 is 19.3 Å². The number of hydrogen-bond donors (Lipinski definition) is 0. The molecule has 0 aromatic heterocycles. The number of anilines is 1. The van der Waals surface area contributed by atoms with Crippen molar-refractivity contribution in [3.8, 4) is 11.5 Å². The van der Waals surface area contributed by atoms with Crippen LogP contribution in [-0.2, 0) is 11.2 Å². The van der Waals surface area contributed by atoms with Crippen LogP contribution in [0.3, 0.4) is 0 Å². The first kappa shape index (κ1) is 26.3. The van der Waals surface area contributed by atoms with Crippen molar-refractivity contribution in [2.45, 2.75) is 51.6 Å². The fourth-order valence-corrected chi connectivity index (χ4v) is 4.66. The van der Waals surface area contributed by atoms with Gasteiger partial charge in [-0.1, -0.05) is 36.7 Å². The molecule has 1 heterocycles. The molecule has 7 heteroatoms. The molecule has 1 unspecified atom stereocenters. The van der Waals surface area contributed by atoms with E-state index in [-0.39, 0.29) is 24.4 Å². The number of carbonyl (C=O) groups excluding carboxylic acids is 1. The predicted molar refractivity (Wildman–Crippen MR) is 134 cm³/mol. The number of methoxy groups -OCH3 is 2. The van der Waals surface area contributed by atoms with E-state index in [4.69, 9.17) is 21.1 Å². The highest BCUT2D eigenvalue weighted by Crippen LogP contribution is 2.34. The molecule has 0 saturated carbocycles. The van der Waals surface area contributed by atoms with Crippen LogP contribution in [0.5, 0.6) is 11.5 Å². The van der Waals surface area contributed by atoms with E-state index >= 15 is 0 Å². The Morgan fingerprint density at radius 3 is 2.31 bits per heavy atom. The van der Waals surface area contributed by atoms with Crippen LogP contribution in [0.1, 0.15) is 38.7 Å². The number of likely N-dealkylation sites (tertiary alicyclic amines) is 1. The van der Waals surface area contributed by atoms with Crippen LogP contribution in [0.25, 0.3) is 0 Å². The molecule has 5 nitrogen and oxygen atoms in total. The average Bonchev–Trinajstić information content (AvgIpc) is 2.81. The van der Waals surface area contributed by atoms with E-state index in [1.165, 1.54) is 0 Å². The van der Waals surface area contributed by atoms with Gasteiger partial charge in [-0.3, -0.25) is 4.79 Å². The van der Waals surface area contributed by atoms with Gasteiger partial charge >= 0.3 is 0 Å². The number of hydrogen-bond acceptors (Lipinski definition) is 4. The topological polar surface area (TPSA) is 42.0 Å². The Bertz CT molecular complexity index is 871. The maximum Gasteiger partial charge on any atom is 0.226 e. The minimum absolute atomic E-state index is 0.